The van der Waals surface area contributed by atoms with Crippen molar-refractivity contribution >= 4 is 68.3 Å². The van der Waals surface area contributed by atoms with Gasteiger partial charge in [-0.2, -0.15) is 0 Å². The summed E-state index contributed by atoms with van der Waals surface area (Å²) in [5.41, 5.74) is 0. The minimum atomic E-state index is 0. The molecule has 0 radical (unpaired) electrons. The summed E-state index contributed by atoms with van der Waals surface area (Å²) in [4.78, 5) is 0. The molecule has 0 rings (SSSR count). The number of rotatable bonds is 0. The molecule has 0 saturated carbocycles. The quantitative estimate of drug-likeness (QED) is 0.383. The summed E-state index contributed by atoms with van der Waals surface area (Å²) in [5, 5.41) is 0. The molecule has 0 unspecified atom stereocenters. The Morgan fingerprint density at radius 2 is 0.429 bits per heavy atom. The average molecular weight is 536 g/mol. The van der Waals surface area contributed by atoms with Crippen molar-refractivity contribution in [3.05, 3.63) is 0 Å². The molecule has 0 aromatic rings. The Labute approximate surface area is 100 Å². The van der Waals surface area contributed by atoms with Gasteiger partial charge in [0.25, 0.3) is 0 Å². The van der Waals surface area contributed by atoms with Gasteiger partial charge in [0.1, 0.15) is 0 Å². The van der Waals surface area contributed by atoms with Gasteiger partial charge in [-0.3, -0.25) is 0 Å². The molecule has 0 aliphatic rings. The summed E-state index contributed by atoms with van der Waals surface area (Å²) in [7, 11) is 0. The molecule has 0 spiro atoms. The summed E-state index contributed by atoms with van der Waals surface area (Å²) in [6.45, 7) is 0. The predicted octanol–water partition coefficient (Wildman–Crippen LogP) is -0.773. The smallest absolute Gasteiger partial charge is 0 e. The van der Waals surface area contributed by atoms with Crippen LogP contribution in [0.3, 0.4) is 0 Å². The van der Waals surface area contributed by atoms with Crippen LogP contribution in [0.1, 0.15) is 0 Å². The fourth-order valence-corrected chi connectivity index (χ4v) is 0. The van der Waals surface area contributed by atoms with Crippen LogP contribution in [-0.4, -0.2) is 68.3 Å². The molecule has 0 atom stereocenters. The molecule has 0 fully saturated rings. The van der Waals surface area contributed by atoms with E-state index in [-0.39, 0.29) is 102 Å². The Kier molecular flexibility index (Phi) is 1030. The molecular weight excluding hydrogens is 528 g/mol. The zero-order valence-corrected chi connectivity index (χ0v) is 13.8. The van der Waals surface area contributed by atoms with Crippen molar-refractivity contribution < 1.29 is 21.1 Å². The molecule has 0 bridgehead atoms. The zero-order chi connectivity index (χ0) is 0. The standard InChI is InChI=1S/2H3N.4Se.W/h2*1H3;;;;;/q;;4*-2;/p+2. The Morgan fingerprint density at radius 1 is 0.429 bits per heavy atom. The Bertz CT molecular complexity index is 9.65. The molecule has 0 amide bonds. The monoisotopic (exact) mass is 540 g/mol. The van der Waals surface area contributed by atoms with Crippen molar-refractivity contribution in [2.24, 2.45) is 0 Å². The van der Waals surface area contributed by atoms with Crippen LogP contribution in [0.15, 0.2) is 0 Å². The van der Waals surface area contributed by atoms with Crippen LogP contribution >= 0.6 is 0 Å². The second-order valence-corrected chi connectivity index (χ2v) is 0. The molecule has 8 N–H and O–H groups in total. The van der Waals surface area contributed by atoms with Gasteiger partial charge in [0.05, 0.1) is 0 Å². The maximum Gasteiger partial charge on any atom is 0 e. The minimum absolute atomic E-state index is 0. The maximum atomic E-state index is 0. The molecule has 0 aliphatic carbocycles. The van der Waals surface area contributed by atoms with Gasteiger partial charge in [-0.25, -0.2) is 0 Å². The molecule has 0 aromatic heterocycles. The van der Waals surface area contributed by atoms with Crippen LogP contribution < -0.4 is 12.3 Å². The van der Waals surface area contributed by atoms with Crippen LogP contribution in [0.5, 0.6) is 0 Å². The molecule has 2 nitrogen and oxygen atoms in total. The largest absolute Gasteiger partial charge is 2.00 e. The van der Waals surface area contributed by atoms with Gasteiger partial charge in [0, 0.05) is 21.1 Å². The van der Waals surface area contributed by atoms with Crippen LogP contribution in [0, 0.1) is 0 Å². The van der Waals surface area contributed by atoms with E-state index in [1.54, 1.807) is 0 Å². The maximum absolute atomic E-state index is 0. The first-order valence-electron chi connectivity index (χ1n) is 0. The molecule has 0 aliphatic heterocycles. The molecule has 0 heterocycles. The molecule has 0 saturated heterocycles. The van der Waals surface area contributed by atoms with Gasteiger partial charge >= 0.3 is 0 Å². The van der Waals surface area contributed by atoms with Crippen molar-refractivity contribution in [1.29, 1.82) is 0 Å². The van der Waals surface area contributed by atoms with E-state index < -0.39 is 0 Å². The number of hydrogen-bond acceptors (Lipinski definition) is 0. The van der Waals surface area contributed by atoms with E-state index in [9.17, 15) is 0 Å². The molecule has 7 heteroatoms. The Hall–Kier alpha value is 2.69. The van der Waals surface area contributed by atoms with Crippen LogP contribution in [-0.2, 0) is 21.1 Å². The van der Waals surface area contributed by atoms with Gasteiger partial charge in [0.2, 0.25) is 0 Å². The van der Waals surface area contributed by atoms with Crippen molar-refractivity contribution in [2.75, 3.05) is 0 Å². The topological polar surface area (TPSA) is 73.0 Å². The summed E-state index contributed by atoms with van der Waals surface area (Å²) in [6.07, 6.45) is 0. The third-order valence-corrected chi connectivity index (χ3v) is 0. The van der Waals surface area contributed by atoms with Crippen LogP contribution in [0.25, 0.3) is 0 Å². The van der Waals surface area contributed by atoms with E-state index in [0.29, 0.717) is 0 Å². The second-order valence-electron chi connectivity index (χ2n) is 0. The zero-order valence-electron chi connectivity index (χ0n) is 4.04. The second kappa shape index (κ2) is 71.1. The van der Waals surface area contributed by atoms with Crippen molar-refractivity contribution in [3.63, 3.8) is 0 Å². The third kappa shape index (κ3) is 53.8. The van der Waals surface area contributed by atoms with Crippen molar-refractivity contribution in [3.8, 4) is 0 Å². The van der Waals surface area contributed by atoms with E-state index in [1.165, 1.54) is 0 Å². The summed E-state index contributed by atoms with van der Waals surface area (Å²) < 4.78 is 0. The van der Waals surface area contributed by atoms with Crippen LogP contribution in [0.2, 0.25) is 0 Å². The van der Waals surface area contributed by atoms with Gasteiger partial charge in [0.15, 0.2) is 0 Å². The molecule has 7 heavy (non-hydrogen) atoms. The SMILES string of the molecule is [NH4+].[NH4+].[Se-2].[Se-2].[Se-2].[Se-2].[W]. The Morgan fingerprint density at radius 3 is 0.429 bits per heavy atom. The van der Waals surface area contributed by atoms with Crippen LogP contribution in [0.4, 0.5) is 0 Å². The van der Waals surface area contributed by atoms with E-state index in [4.69, 9.17) is 0 Å². The first-order chi connectivity index (χ1) is 0. The average Bonchev–Trinajstić information content (AvgIpc) is 0. The minimum Gasteiger partial charge on any atom is -2.00 e. The molecule has 0 aromatic carbocycles. The van der Waals surface area contributed by atoms with E-state index >= 15 is 0 Å². The summed E-state index contributed by atoms with van der Waals surface area (Å²) in [5.74, 6) is 0. The normalized spacial score (nSPS) is 0. The van der Waals surface area contributed by atoms with E-state index in [0.717, 1.165) is 0 Å². The van der Waals surface area contributed by atoms with Gasteiger partial charge < -0.3 is 80.6 Å². The van der Waals surface area contributed by atoms with Crippen molar-refractivity contribution in [1.82, 2.24) is 12.3 Å². The van der Waals surface area contributed by atoms with Gasteiger partial charge in [-0.05, 0) is 0 Å². The number of quaternary nitrogens is 2. The first-order valence-corrected chi connectivity index (χ1v) is 0. The van der Waals surface area contributed by atoms with Gasteiger partial charge in [-0.15, -0.1) is 0 Å². The molecule has 54 valence electrons. The Balaban J connectivity index is 0. The predicted molar refractivity (Wildman–Crippen MR) is 35.0 cm³/mol. The third-order valence-electron chi connectivity index (χ3n) is 0. The molecular formula is H8N2Se4W-6. The van der Waals surface area contributed by atoms with Gasteiger partial charge in [-0.1, -0.05) is 0 Å². The van der Waals surface area contributed by atoms with E-state index in [2.05, 4.69) is 0 Å². The summed E-state index contributed by atoms with van der Waals surface area (Å²) >= 11 is 0. The first kappa shape index (κ1) is 101. The van der Waals surface area contributed by atoms with Crippen molar-refractivity contribution in [2.45, 2.75) is 0 Å². The fraction of sp³-hybridized carbons (Fsp3) is 0. The fourth-order valence-electron chi connectivity index (χ4n) is 0. The van der Waals surface area contributed by atoms with E-state index in [1.807, 2.05) is 0 Å². The summed E-state index contributed by atoms with van der Waals surface area (Å²) in [6, 6.07) is 0. The number of hydrogen-bond donors (Lipinski definition) is 2.